The lowest BCUT2D eigenvalue weighted by molar-refractivity contribution is -0.119. The number of carbonyl (C=O) groups excluding carboxylic acids is 1. The van der Waals surface area contributed by atoms with E-state index in [1.807, 2.05) is 0 Å². The van der Waals surface area contributed by atoms with Crippen molar-refractivity contribution in [3.05, 3.63) is 0 Å². The predicted octanol–water partition coefficient (Wildman–Crippen LogP) is 12.3. The molecule has 0 aromatic heterocycles. The highest BCUT2D eigenvalue weighted by Crippen LogP contribution is 2.16. The summed E-state index contributed by atoms with van der Waals surface area (Å²) < 4.78 is 0. The molecule has 0 saturated carbocycles. The van der Waals surface area contributed by atoms with Gasteiger partial charge in [-0.1, -0.05) is 181 Å². The molecule has 0 spiro atoms. The molecule has 1 heteroatoms. The second-order valence-electron chi connectivity index (χ2n) is 11.2. The van der Waals surface area contributed by atoms with Gasteiger partial charge in [0.05, 0.1) is 0 Å². The van der Waals surface area contributed by atoms with Crippen LogP contribution in [0.3, 0.4) is 0 Å². The number of ketones is 1. The monoisotopic (exact) mass is 479 g/mol. The summed E-state index contributed by atoms with van der Waals surface area (Å²) in [4.78, 5) is 11.9. The molecule has 0 saturated heterocycles. The van der Waals surface area contributed by atoms with Crippen LogP contribution in [0.4, 0.5) is 0 Å². The second-order valence-corrected chi connectivity index (χ2v) is 11.2. The third kappa shape index (κ3) is 29.7. The van der Waals surface area contributed by atoms with E-state index in [4.69, 9.17) is 0 Å². The van der Waals surface area contributed by atoms with Crippen molar-refractivity contribution in [2.75, 3.05) is 0 Å². The van der Waals surface area contributed by atoms with Crippen LogP contribution < -0.4 is 0 Å². The molecule has 0 amide bonds. The molecule has 0 unspecified atom stereocenters. The van der Waals surface area contributed by atoms with Crippen LogP contribution in [-0.2, 0) is 4.79 Å². The maximum atomic E-state index is 11.9. The Bertz CT molecular complexity index is 375. The number of carbonyl (C=O) groups is 1. The minimum absolute atomic E-state index is 0.517. The van der Waals surface area contributed by atoms with Crippen LogP contribution in [0, 0.1) is 0 Å². The van der Waals surface area contributed by atoms with E-state index in [-0.39, 0.29) is 0 Å². The van der Waals surface area contributed by atoms with Crippen molar-refractivity contribution >= 4 is 5.78 Å². The minimum atomic E-state index is 0.517. The fourth-order valence-corrected chi connectivity index (χ4v) is 5.16. The average Bonchev–Trinajstić information content (AvgIpc) is 2.84. The maximum absolute atomic E-state index is 11.9. The van der Waals surface area contributed by atoms with Gasteiger partial charge in [0, 0.05) is 12.8 Å². The van der Waals surface area contributed by atoms with Gasteiger partial charge < -0.3 is 0 Å². The molecular weight excluding hydrogens is 412 g/mol. The first kappa shape index (κ1) is 33.7. The first-order chi connectivity index (χ1) is 16.8. The molecule has 0 aromatic rings. The van der Waals surface area contributed by atoms with Crippen molar-refractivity contribution in [1.82, 2.24) is 0 Å². The van der Waals surface area contributed by atoms with Crippen LogP contribution in [0.15, 0.2) is 0 Å². The lowest BCUT2D eigenvalue weighted by Crippen LogP contribution is -1.97. The van der Waals surface area contributed by atoms with Crippen LogP contribution >= 0.6 is 0 Å². The Kier molecular flexibility index (Phi) is 30.4. The van der Waals surface area contributed by atoms with E-state index in [9.17, 15) is 4.79 Å². The Hall–Kier alpha value is -0.330. The summed E-state index contributed by atoms with van der Waals surface area (Å²) >= 11 is 0. The molecule has 0 N–H and O–H groups in total. The van der Waals surface area contributed by atoms with Gasteiger partial charge in [-0.25, -0.2) is 0 Å². The zero-order valence-electron chi connectivity index (χ0n) is 24.1. The standard InChI is InChI=1S/C33H66O/c1-3-5-7-9-11-12-13-14-15-16-17-18-19-20-21-22-23-24-25-26-28-30-32-33(34)31-29-27-10-8-6-4-2/h3-32H2,1-2H3. The molecular formula is C33H66O. The maximum Gasteiger partial charge on any atom is 0.132 e. The normalized spacial score (nSPS) is 11.4. The highest BCUT2D eigenvalue weighted by atomic mass is 16.1. The van der Waals surface area contributed by atoms with Crippen molar-refractivity contribution in [2.24, 2.45) is 0 Å². The van der Waals surface area contributed by atoms with Crippen LogP contribution in [-0.4, -0.2) is 5.78 Å². The van der Waals surface area contributed by atoms with Gasteiger partial charge in [-0.15, -0.1) is 0 Å². The molecule has 0 radical (unpaired) electrons. The largest absolute Gasteiger partial charge is 0.300 e. The fraction of sp³-hybridized carbons (Fsp3) is 0.970. The van der Waals surface area contributed by atoms with Gasteiger partial charge in [-0.3, -0.25) is 4.79 Å². The molecule has 0 aromatic carbocycles. The number of hydrogen-bond donors (Lipinski definition) is 0. The van der Waals surface area contributed by atoms with Gasteiger partial charge in [0.15, 0.2) is 0 Å². The summed E-state index contributed by atoms with van der Waals surface area (Å²) in [6, 6.07) is 0. The van der Waals surface area contributed by atoms with E-state index >= 15 is 0 Å². The van der Waals surface area contributed by atoms with E-state index in [0.29, 0.717) is 5.78 Å². The summed E-state index contributed by atoms with van der Waals surface area (Å²) in [5.74, 6) is 0.517. The van der Waals surface area contributed by atoms with Crippen molar-refractivity contribution in [2.45, 2.75) is 206 Å². The van der Waals surface area contributed by atoms with Gasteiger partial charge >= 0.3 is 0 Å². The minimum Gasteiger partial charge on any atom is -0.300 e. The highest BCUT2D eigenvalue weighted by Gasteiger charge is 2.02. The zero-order valence-corrected chi connectivity index (χ0v) is 24.1. The molecule has 0 aliphatic heterocycles. The van der Waals surface area contributed by atoms with Gasteiger partial charge in [0.25, 0.3) is 0 Å². The summed E-state index contributed by atoms with van der Waals surface area (Å²) in [5, 5.41) is 0. The Morgan fingerprint density at radius 2 is 0.471 bits per heavy atom. The number of unbranched alkanes of at least 4 members (excludes halogenated alkanes) is 26. The number of rotatable bonds is 30. The topological polar surface area (TPSA) is 17.1 Å². The molecule has 0 aliphatic rings. The van der Waals surface area contributed by atoms with E-state index in [1.165, 1.54) is 167 Å². The average molecular weight is 479 g/mol. The fourth-order valence-electron chi connectivity index (χ4n) is 5.16. The zero-order chi connectivity index (χ0) is 24.8. The lowest BCUT2D eigenvalue weighted by atomic mass is 10.0. The second kappa shape index (κ2) is 30.7. The van der Waals surface area contributed by atoms with E-state index in [0.717, 1.165) is 25.7 Å². The molecule has 0 bridgehead atoms. The van der Waals surface area contributed by atoms with Gasteiger partial charge in [-0.2, -0.15) is 0 Å². The van der Waals surface area contributed by atoms with Crippen LogP contribution in [0.1, 0.15) is 206 Å². The van der Waals surface area contributed by atoms with Gasteiger partial charge in [-0.05, 0) is 12.8 Å². The van der Waals surface area contributed by atoms with Crippen LogP contribution in [0.5, 0.6) is 0 Å². The molecule has 0 heterocycles. The van der Waals surface area contributed by atoms with Crippen molar-refractivity contribution < 1.29 is 4.79 Å². The summed E-state index contributed by atoms with van der Waals surface area (Å²) in [7, 11) is 0. The quantitative estimate of drug-likeness (QED) is 0.0938. The number of hydrogen-bond acceptors (Lipinski definition) is 1. The first-order valence-electron chi connectivity index (χ1n) is 16.3. The Morgan fingerprint density at radius 1 is 0.294 bits per heavy atom. The van der Waals surface area contributed by atoms with Gasteiger partial charge in [0.1, 0.15) is 5.78 Å². The molecule has 0 atom stereocenters. The van der Waals surface area contributed by atoms with E-state index in [2.05, 4.69) is 13.8 Å². The predicted molar refractivity (Wildman–Crippen MR) is 155 cm³/mol. The highest BCUT2D eigenvalue weighted by molar-refractivity contribution is 5.78. The Balaban J connectivity index is 3.09. The third-order valence-corrected chi connectivity index (χ3v) is 7.62. The van der Waals surface area contributed by atoms with Crippen LogP contribution in [0.25, 0.3) is 0 Å². The molecule has 0 fully saturated rings. The Morgan fingerprint density at radius 3 is 0.676 bits per heavy atom. The molecule has 204 valence electrons. The molecule has 34 heavy (non-hydrogen) atoms. The third-order valence-electron chi connectivity index (χ3n) is 7.62. The van der Waals surface area contributed by atoms with Crippen molar-refractivity contribution in [1.29, 1.82) is 0 Å². The van der Waals surface area contributed by atoms with E-state index in [1.54, 1.807) is 0 Å². The SMILES string of the molecule is CCCCCCCCCCCCCCCCCCCCCCCCC(=O)CCCCCCCC. The molecule has 0 rings (SSSR count). The first-order valence-corrected chi connectivity index (χ1v) is 16.3. The van der Waals surface area contributed by atoms with Crippen molar-refractivity contribution in [3.63, 3.8) is 0 Å². The lowest BCUT2D eigenvalue weighted by Gasteiger charge is -2.04. The number of Topliss-reactive ketones (excluding diaryl/α,β-unsaturated/α-hetero) is 1. The van der Waals surface area contributed by atoms with Crippen LogP contribution in [0.2, 0.25) is 0 Å². The smallest absolute Gasteiger partial charge is 0.132 e. The Labute approximate surface area is 217 Å². The molecule has 1 nitrogen and oxygen atoms in total. The van der Waals surface area contributed by atoms with Gasteiger partial charge in [0.2, 0.25) is 0 Å². The van der Waals surface area contributed by atoms with E-state index < -0.39 is 0 Å². The summed E-state index contributed by atoms with van der Waals surface area (Å²) in [6.45, 7) is 4.55. The summed E-state index contributed by atoms with van der Waals surface area (Å²) in [6.07, 6.45) is 40.7. The van der Waals surface area contributed by atoms with Crippen molar-refractivity contribution in [3.8, 4) is 0 Å². The molecule has 0 aliphatic carbocycles. The summed E-state index contributed by atoms with van der Waals surface area (Å²) in [5.41, 5.74) is 0.